The lowest BCUT2D eigenvalue weighted by Gasteiger charge is -2.37. The first-order valence-corrected chi connectivity index (χ1v) is 9.15. The second-order valence-electron chi connectivity index (χ2n) is 6.05. The molecule has 1 aromatic carbocycles. The van der Waals surface area contributed by atoms with Gasteiger partial charge in [-0.05, 0) is 51.0 Å². The number of nitrogens with zero attached hydrogens (tertiary/aromatic N) is 1. The van der Waals surface area contributed by atoms with Crippen molar-refractivity contribution in [3.05, 3.63) is 29.8 Å². The van der Waals surface area contributed by atoms with Crippen LogP contribution in [0.4, 0.5) is 0 Å². The van der Waals surface area contributed by atoms with E-state index in [4.69, 9.17) is 0 Å². The Morgan fingerprint density at radius 1 is 1.29 bits per heavy atom. The molecule has 2 saturated heterocycles. The van der Waals surface area contributed by atoms with Gasteiger partial charge in [0.1, 0.15) is 0 Å². The Labute approximate surface area is 131 Å². The minimum atomic E-state index is 0.203. The van der Waals surface area contributed by atoms with Gasteiger partial charge >= 0.3 is 0 Å². The first kappa shape index (κ1) is 14.9. The van der Waals surface area contributed by atoms with Crippen LogP contribution < -0.4 is 5.32 Å². The van der Waals surface area contributed by atoms with Crippen LogP contribution in [0.2, 0.25) is 0 Å². The van der Waals surface area contributed by atoms with Gasteiger partial charge in [-0.3, -0.25) is 4.79 Å². The maximum Gasteiger partial charge on any atom is 0.255 e. The molecule has 2 atom stereocenters. The van der Waals surface area contributed by atoms with E-state index in [2.05, 4.69) is 17.1 Å². The van der Waals surface area contributed by atoms with Gasteiger partial charge in [0.25, 0.3) is 5.91 Å². The molecule has 3 rings (SSSR count). The molecule has 0 radical (unpaired) electrons. The van der Waals surface area contributed by atoms with E-state index in [1.54, 1.807) is 11.8 Å². The van der Waals surface area contributed by atoms with Crippen molar-refractivity contribution in [1.29, 1.82) is 0 Å². The van der Waals surface area contributed by atoms with Crippen molar-refractivity contribution in [2.45, 2.75) is 55.6 Å². The standard InChI is InChI=1S/C17H24N2OS/c1-3-19(14-10-12-8-9-13(11-14)18-12)17(20)15-6-4-5-7-16(15)21-2/h4-7,12-14,18H,3,8-11H2,1-2H3. The predicted molar refractivity (Wildman–Crippen MR) is 87.9 cm³/mol. The van der Waals surface area contributed by atoms with Crippen molar-refractivity contribution in [3.63, 3.8) is 0 Å². The summed E-state index contributed by atoms with van der Waals surface area (Å²) in [7, 11) is 0. The molecule has 21 heavy (non-hydrogen) atoms. The highest BCUT2D eigenvalue weighted by molar-refractivity contribution is 7.98. The highest BCUT2D eigenvalue weighted by Gasteiger charge is 2.37. The van der Waals surface area contributed by atoms with Crippen molar-refractivity contribution >= 4 is 17.7 Å². The topological polar surface area (TPSA) is 32.3 Å². The summed E-state index contributed by atoms with van der Waals surface area (Å²) in [5.41, 5.74) is 0.859. The number of hydrogen-bond acceptors (Lipinski definition) is 3. The molecule has 2 heterocycles. The molecule has 1 amide bonds. The van der Waals surface area contributed by atoms with E-state index >= 15 is 0 Å². The second kappa shape index (κ2) is 6.41. The Hall–Kier alpha value is -1.00. The maximum atomic E-state index is 13.0. The quantitative estimate of drug-likeness (QED) is 0.867. The lowest BCUT2D eigenvalue weighted by molar-refractivity contribution is 0.0627. The molecule has 2 unspecified atom stereocenters. The molecule has 0 saturated carbocycles. The molecule has 1 N–H and O–H groups in total. The van der Waals surface area contributed by atoms with E-state index in [1.165, 1.54) is 12.8 Å². The Morgan fingerprint density at radius 2 is 1.95 bits per heavy atom. The fourth-order valence-corrected chi connectivity index (χ4v) is 4.42. The molecular weight excluding hydrogens is 280 g/mol. The molecule has 2 aliphatic rings. The summed E-state index contributed by atoms with van der Waals surface area (Å²) in [6, 6.07) is 9.61. The third kappa shape index (κ3) is 2.97. The van der Waals surface area contributed by atoms with Crippen molar-refractivity contribution in [3.8, 4) is 0 Å². The van der Waals surface area contributed by atoms with Gasteiger partial charge in [0.15, 0.2) is 0 Å². The molecule has 114 valence electrons. The maximum absolute atomic E-state index is 13.0. The van der Waals surface area contributed by atoms with Gasteiger partial charge in [-0.1, -0.05) is 12.1 Å². The van der Waals surface area contributed by atoms with E-state index < -0.39 is 0 Å². The zero-order valence-electron chi connectivity index (χ0n) is 12.8. The zero-order chi connectivity index (χ0) is 14.8. The number of amides is 1. The van der Waals surface area contributed by atoms with Gasteiger partial charge < -0.3 is 10.2 Å². The smallest absolute Gasteiger partial charge is 0.255 e. The van der Waals surface area contributed by atoms with E-state index in [0.29, 0.717) is 18.1 Å². The minimum absolute atomic E-state index is 0.203. The molecule has 4 heteroatoms. The molecule has 2 bridgehead atoms. The summed E-state index contributed by atoms with van der Waals surface area (Å²) in [5.74, 6) is 0.203. The van der Waals surface area contributed by atoms with Crippen molar-refractivity contribution in [2.24, 2.45) is 0 Å². The molecule has 2 fully saturated rings. The minimum Gasteiger partial charge on any atom is -0.336 e. The van der Waals surface area contributed by atoms with Crippen LogP contribution in [-0.2, 0) is 0 Å². The monoisotopic (exact) mass is 304 g/mol. The summed E-state index contributed by atoms with van der Waals surface area (Å²) < 4.78 is 0. The van der Waals surface area contributed by atoms with Gasteiger partial charge in [0.2, 0.25) is 0 Å². The Bertz CT molecular complexity index is 507. The van der Waals surface area contributed by atoms with E-state index in [1.807, 2.05) is 30.5 Å². The van der Waals surface area contributed by atoms with Gasteiger partial charge in [-0.2, -0.15) is 0 Å². The SMILES string of the molecule is CCN(C(=O)c1ccccc1SC)C1CC2CCC(C1)N2. The van der Waals surface area contributed by atoms with Crippen LogP contribution in [-0.4, -0.2) is 41.7 Å². The molecule has 0 aromatic heterocycles. The molecule has 0 spiro atoms. The fraction of sp³-hybridized carbons (Fsp3) is 0.588. The number of carbonyl (C=O) groups excluding carboxylic acids is 1. The number of nitrogens with one attached hydrogen (secondary N) is 1. The van der Waals surface area contributed by atoms with Gasteiger partial charge in [0, 0.05) is 29.6 Å². The number of rotatable bonds is 4. The number of carbonyl (C=O) groups is 1. The Kier molecular flexibility index (Phi) is 4.55. The first-order valence-electron chi connectivity index (χ1n) is 7.93. The number of thioether (sulfide) groups is 1. The summed E-state index contributed by atoms with van der Waals surface area (Å²) >= 11 is 1.65. The number of benzene rings is 1. The summed E-state index contributed by atoms with van der Waals surface area (Å²) in [4.78, 5) is 16.2. The first-order chi connectivity index (χ1) is 10.2. The van der Waals surface area contributed by atoms with Crippen molar-refractivity contribution < 1.29 is 4.79 Å². The number of hydrogen-bond donors (Lipinski definition) is 1. The number of fused-ring (bicyclic) bond motifs is 2. The third-order valence-corrected chi connectivity index (χ3v) is 5.62. The second-order valence-corrected chi connectivity index (χ2v) is 6.90. The molecule has 1 aromatic rings. The van der Waals surface area contributed by atoms with Crippen LogP contribution in [0.25, 0.3) is 0 Å². The summed E-state index contributed by atoms with van der Waals surface area (Å²) in [5, 5.41) is 3.66. The third-order valence-electron chi connectivity index (χ3n) is 4.83. The average Bonchev–Trinajstić information content (AvgIpc) is 2.86. The van der Waals surface area contributed by atoms with Crippen LogP contribution in [0.1, 0.15) is 43.0 Å². The van der Waals surface area contributed by atoms with Crippen LogP contribution in [0, 0.1) is 0 Å². The average molecular weight is 304 g/mol. The van der Waals surface area contributed by atoms with Gasteiger partial charge in [-0.15, -0.1) is 11.8 Å². The lowest BCUT2D eigenvalue weighted by atomic mass is 9.97. The van der Waals surface area contributed by atoms with E-state index in [-0.39, 0.29) is 5.91 Å². The largest absolute Gasteiger partial charge is 0.336 e. The van der Waals surface area contributed by atoms with Crippen molar-refractivity contribution in [2.75, 3.05) is 12.8 Å². The normalized spacial score (nSPS) is 27.6. The lowest BCUT2D eigenvalue weighted by Crippen LogP contribution is -2.50. The van der Waals surface area contributed by atoms with Crippen molar-refractivity contribution in [1.82, 2.24) is 10.2 Å². The van der Waals surface area contributed by atoms with Crippen LogP contribution in [0.3, 0.4) is 0 Å². The summed E-state index contributed by atoms with van der Waals surface area (Å²) in [6.45, 7) is 2.90. The zero-order valence-corrected chi connectivity index (χ0v) is 13.7. The van der Waals surface area contributed by atoms with E-state index in [9.17, 15) is 4.79 Å². The van der Waals surface area contributed by atoms with Gasteiger partial charge in [-0.25, -0.2) is 0 Å². The fourth-order valence-electron chi connectivity index (χ4n) is 3.83. The van der Waals surface area contributed by atoms with Crippen LogP contribution in [0.15, 0.2) is 29.2 Å². The highest BCUT2D eigenvalue weighted by atomic mass is 32.2. The Morgan fingerprint density at radius 3 is 2.57 bits per heavy atom. The Balaban J connectivity index is 1.81. The molecular formula is C17H24N2OS. The van der Waals surface area contributed by atoms with Crippen LogP contribution in [0.5, 0.6) is 0 Å². The van der Waals surface area contributed by atoms with Crippen LogP contribution >= 0.6 is 11.8 Å². The molecule has 0 aliphatic carbocycles. The van der Waals surface area contributed by atoms with E-state index in [0.717, 1.165) is 29.8 Å². The number of piperidine rings is 1. The summed E-state index contributed by atoms with van der Waals surface area (Å²) in [6.07, 6.45) is 6.80. The predicted octanol–water partition coefficient (Wildman–Crippen LogP) is 3.15. The molecule has 2 aliphatic heterocycles. The highest BCUT2D eigenvalue weighted by Crippen LogP contribution is 2.31. The van der Waals surface area contributed by atoms with Gasteiger partial charge in [0.05, 0.1) is 5.56 Å². The molecule has 3 nitrogen and oxygen atoms in total.